The van der Waals surface area contributed by atoms with Crippen molar-refractivity contribution in [2.24, 2.45) is 0 Å². The zero-order chi connectivity index (χ0) is 12.1. The van der Waals surface area contributed by atoms with E-state index in [0.717, 1.165) is 6.42 Å². The van der Waals surface area contributed by atoms with Gasteiger partial charge in [-0.15, -0.1) is 0 Å². The minimum atomic E-state index is -0.157. The fourth-order valence-electron chi connectivity index (χ4n) is 2.50. The molecule has 1 aliphatic rings. The normalized spacial score (nSPS) is 14.8. The van der Waals surface area contributed by atoms with E-state index < -0.39 is 0 Å². The van der Waals surface area contributed by atoms with Gasteiger partial charge in [-0.05, 0) is 0 Å². The van der Waals surface area contributed by atoms with E-state index in [2.05, 4.69) is 49.4 Å². The maximum atomic E-state index is 2.44. The summed E-state index contributed by atoms with van der Waals surface area (Å²) >= 11 is 1.77. The van der Waals surface area contributed by atoms with E-state index in [1.165, 1.54) is 20.3 Å². The van der Waals surface area contributed by atoms with Gasteiger partial charge >= 0.3 is 121 Å². The van der Waals surface area contributed by atoms with Crippen molar-refractivity contribution >= 4 is 56.2 Å². The predicted octanol–water partition coefficient (Wildman–Crippen LogP) is 4.76. The zero-order valence-corrected chi connectivity index (χ0v) is 13.2. The van der Waals surface area contributed by atoms with Crippen LogP contribution >= 0.6 is 11.3 Å². The van der Waals surface area contributed by atoms with E-state index in [1.807, 2.05) is 11.3 Å². The Morgan fingerprint density at radius 2 is 2.06 bits per heavy atom. The third-order valence-electron chi connectivity index (χ3n) is 3.37. The number of aryl methyl sites for hydroxylation is 1. The molecular formula is C16H12STe. The van der Waals surface area contributed by atoms with E-state index in [0.29, 0.717) is 0 Å². The van der Waals surface area contributed by atoms with Crippen molar-refractivity contribution in [2.75, 3.05) is 0 Å². The summed E-state index contributed by atoms with van der Waals surface area (Å²) in [5.41, 5.74) is 1.55. The van der Waals surface area contributed by atoms with Gasteiger partial charge in [0.15, 0.2) is 0 Å². The van der Waals surface area contributed by atoms with Crippen molar-refractivity contribution < 1.29 is 0 Å². The van der Waals surface area contributed by atoms with Crippen LogP contribution in [0.25, 0.3) is 24.4 Å². The monoisotopic (exact) mass is 366 g/mol. The Hall–Kier alpha value is -0.810. The predicted molar refractivity (Wildman–Crippen MR) is 82.7 cm³/mol. The van der Waals surface area contributed by atoms with Gasteiger partial charge in [0, 0.05) is 0 Å². The van der Waals surface area contributed by atoms with Crippen LogP contribution in [0, 0.1) is 6.92 Å². The molecule has 1 aromatic carbocycles. The summed E-state index contributed by atoms with van der Waals surface area (Å²) in [5.74, 6) is 0. The van der Waals surface area contributed by atoms with Crippen molar-refractivity contribution in [3.05, 3.63) is 50.9 Å². The number of rotatable bonds is 1. The molecule has 0 saturated carbocycles. The van der Waals surface area contributed by atoms with Crippen LogP contribution in [0.1, 0.15) is 14.9 Å². The number of allylic oxidation sites excluding steroid dienone is 4. The van der Waals surface area contributed by atoms with Crippen LogP contribution in [0.4, 0.5) is 0 Å². The molecule has 0 N–H and O–H groups in total. The standard InChI is InChI=1S/C16H12STe/c1-10-6-12-7-13-8-15(11-4-2-3-5-11)18-16(13)9-14(12)17-10/h2-4,6-9H,5H2,1H3. The average Bonchev–Trinajstić information content (AvgIpc) is 3.02. The molecule has 0 nitrogen and oxygen atoms in total. The molecule has 88 valence electrons. The summed E-state index contributed by atoms with van der Waals surface area (Å²) in [7, 11) is 0. The molecule has 0 radical (unpaired) electrons. The maximum absolute atomic E-state index is 2.44. The first kappa shape index (κ1) is 11.1. The minimum absolute atomic E-state index is 0.157. The number of hydrogen-bond donors (Lipinski definition) is 0. The molecule has 0 bridgehead atoms. The first-order valence-corrected chi connectivity index (χ1v) is 9.24. The molecule has 0 saturated heterocycles. The van der Waals surface area contributed by atoms with E-state index in [1.54, 1.807) is 12.6 Å². The number of hydrogen-bond acceptors (Lipinski definition) is 1. The van der Waals surface area contributed by atoms with Crippen molar-refractivity contribution in [1.82, 2.24) is 0 Å². The molecular weight excluding hydrogens is 352 g/mol. The van der Waals surface area contributed by atoms with Crippen molar-refractivity contribution in [1.29, 1.82) is 0 Å². The molecule has 18 heavy (non-hydrogen) atoms. The van der Waals surface area contributed by atoms with Crippen molar-refractivity contribution in [3.8, 4) is 0 Å². The fourth-order valence-corrected chi connectivity index (χ4v) is 6.87. The summed E-state index contributed by atoms with van der Waals surface area (Å²) in [6.45, 7) is 2.20. The second-order valence-electron chi connectivity index (χ2n) is 4.72. The molecule has 0 spiro atoms. The molecule has 0 fully saturated rings. The average molecular weight is 364 g/mol. The van der Waals surface area contributed by atoms with Crippen molar-refractivity contribution in [3.63, 3.8) is 0 Å². The molecule has 0 amide bonds. The Labute approximate surface area is 120 Å². The van der Waals surface area contributed by atoms with Gasteiger partial charge in [-0.25, -0.2) is 0 Å². The van der Waals surface area contributed by atoms with Gasteiger partial charge in [-0.1, -0.05) is 0 Å². The summed E-state index contributed by atoms with van der Waals surface area (Å²) in [5, 5.41) is 2.89. The molecule has 0 unspecified atom stereocenters. The number of benzene rings is 1. The van der Waals surface area contributed by atoms with Crippen molar-refractivity contribution in [2.45, 2.75) is 13.3 Å². The Morgan fingerprint density at radius 1 is 1.11 bits per heavy atom. The fraction of sp³-hybridized carbons (Fsp3) is 0.125. The summed E-state index contributed by atoms with van der Waals surface area (Å²) in [6, 6.07) is 9.57. The van der Waals surface area contributed by atoms with Gasteiger partial charge in [0.1, 0.15) is 0 Å². The SMILES string of the molecule is Cc1cc2cc3cc(C4=CC=CC4)[te]c3cc2s1. The Balaban J connectivity index is 1.94. The third kappa shape index (κ3) is 1.72. The van der Waals surface area contributed by atoms with Gasteiger partial charge in [0.05, 0.1) is 0 Å². The number of thiophene rings is 1. The molecule has 2 heterocycles. The topological polar surface area (TPSA) is 0 Å². The first-order chi connectivity index (χ1) is 8.79. The van der Waals surface area contributed by atoms with Crippen LogP contribution in [0.3, 0.4) is 0 Å². The molecule has 1 aliphatic carbocycles. The van der Waals surface area contributed by atoms with Crippen LogP contribution in [0.15, 0.2) is 42.5 Å². The summed E-state index contributed by atoms with van der Waals surface area (Å²) < 4.78 is 4.72. The van der Waals surface area contributed by atoms with E-state index in [9.17, 15) is 0 Å². The quantitative estimate of drug-likeness (QED) is 0.547. The first-order valence-electron chi connectivity index (χ1n) is 6.09. The Kier molecular flexibility index (Phi) is 2.52. The summed E-state index contributed by atoms with van der Waals surface area (Å²) in [6.07, 6.45) is 7.87. The second kappa shape index (κ2) is 4.10. The molecule has 3 aromatic rings. The van der Waals surface area contributed by atoms with Gasteiger partial charge in [0.25, 0.3) is 0 Å². The molecule has 2 aromatic heterocycles. The van der Waals surface area contributed by atoms with Crippen LogP contribution < -0.4 is 0 Å². The van der Waals surface area contributed by atoms with Gasteiger partial charge in [-0.2, -0.15) is 0 Å². The van der Waals surface area contributed by atoms with Gasteiger partial charge in [0.2, 0.25) is 0 Å². The second-order valence-corrected chi connectivity index (χ2v) is 9.10. The van der Waals surface area contributed by atoms with Gasteiger partial charge < -0.3 is 0 Å². The third-order valence-corrected chi connectivity index (χ3v) is 7.73. The van der Waals surface area contributed by atoms with E-state index in [-0.39, 0.29) is 20.4 Å². The van der Waals surface area contributed by atoms with Crippen LogP contribution in [0.5, 0.6) is 0 Å². The Bertz CT molecular complexity index is 763. The van der Waals surface area contributed by atoms with Crippen LogP contribution in [-0.4, -0.2) is 20.4 Å². The molecule has 0 atom stereocenters. The molecule has 4 rings (SSSR count). The molecule has 0 aliphatic heterocycles. The van der Waals surface area contributed by atoms with E-state index >= 15 is 0 Å². The Morgan fingerprint density at radius 3 is 2.89 bits per heavy atom. The van der Waals surface area contributed by atoms with Crippen LogP contribution in [0.2, 0.25) is 0 Å². The van der Waals surface area contributed by atoms with E-state index in [4.69, 9.17) is 0 Å². The van der Waals surface area contributed by atoms with Gasteiger partial charge in [-0.3, -0.25) is 0 Å². The van der Waals surface area contributed by atoms with Crippen LogP contribution in [-0.2, 0) is 0 Å². The zero-order valence-electron chi connectivity index (χ0n) is 10.1. The number of fused-ring (bicyclic) bond motifs is 2. The molecule has 2 heteroatoms. The summed E-state index contributed by atoms with van der Waals surface area (Å²) in [4.78, 5) is 1.42.